The second-order valence-electron chi connectivity index (χ2n) is 5.07. The van der Waals surface area contributed by atoms with Crippen LogP contribution in [-0.4, -0.2) is 30.5 Å². The quantitative estimate of drug-likeness (QED) is 0.496. The Labute approximate surface area is 149 Å². The largest absolute Gasteiger partial charge is 0.488 e. The first-order chi connectivity index (χ1) is 12.0. The smallest absolute Gasteiger partial charge is 0.423 e. The van der Waals surface area contributed by atoms with E-state index in [0.29, 0.717) is 10.3 Å². The molecule has 3 rings (SSSR count). The first-order valence-electron chi connectivity index (χ1n) is 7.48. The fourth-order valence-electron chi connectivity index (χ4n) is 2.01. The molecule has 0 amide bonds. The normalized spacial score (nSPS) is 9.76. The molecule has 1 aromatic heterocycles. The van der Waals surface area contributed by atoms with Crippen molar-refractivity contribution in [3.05, 3.63) is 71.4 Å². The van der Waals surface area contributed by atoms with Gasteiger partial charge < -0.3 is 15.4 Å². The molecule has 1 heterocycles. The van der Waals surface area contributed by atoms with Crippen molar-refractivity contribution in [2.24, 2.45) is 0 Å². The Morgan fingerprint density at radius 2 is 1.64 bits per heavy atom. The lowest BCUT2D eigenvalue weighted by Crippen LogP contribution is -2.29. The highest BCUT2D eigenvalue weighted by Gasteiger charge is 2.08. The predicted octanol–water partition coefficient (Wildman–Crippen LogP) is 2.77. The zero-order valence-electron chi connectivity index (χ0n) is 13.5. The summed E-state index contributed by atoms with van der Waals surface area (Å²) < 4.78 is 12.6. The second kappa shape index (κ2) is 9.12. The van der Waals surface area contributed by atoms with Gasteiger partial charge in [0.25, 0.3) is 0 Å². The van der Waals surface area contributed by atoms with Gasteiger partial charge in [-0.25, -0.2) is 4.39 Å². The standard InChI is InChI=1S/C11H7FOS.C7H10BNO2/c12-9-3-1-8(2-4-9)11-6-5-10(7-13)14-11;1-9-7-4-2-6(3-5-7)8(10)11/h1-7H;2-5,9-11H,1H3. The number of nitrogens with one attached hydrogen (secondary N) is 1. The maximum Gasteiger partial charge on any atom is 0.488 e. The summed E-state index contributed by atoms with van der Waals surface area (Å²) in [6, 6.07) is 16.8. The molecule has 3 N–H and O–H groups in total. The van der Waals surface area contributed by atoms with E-state index in [1.807, 2.05) is 13.1 Å². The fourth-order valence-corrected chi connectivity index (χ4v) is 2.84. The van der Waals surface area contributed by atoms with Crippen molar-refractivity contribution in [1.82, 2.24) is 0 Å². The summed E-state index contributed by atoms with van der Waals surface area (Å²) in [6.45, 7) is 0. The van der Waals surface area contributed by atoms with E-state index in [1.54, 1.807) is 42.5 Å². The number of thiophene rings is 1. The molecule has 0 atom stereocenters. The lowest BCUT2D eigenvalue weighted by molar-refractivity contribution is 0.112. The maximum atomic E-state index is 12.6. The summed E-state index contributed by atoms with van der Waals surface area (Å²) in [6.07, 6.45) is 0.817. The van der Waals surface area contributed by atoms with Crippen LogP contribution in [0, 0.1) is 5.82 Å². The minimum absolute atomic E-state index is 0.249. The molecule has 128 valence electrons. The van der Waals surface area contributed by atoms with Gasteiger partial charge in [0.2, 0.25) is 0 Å². The van der Waals surface area contributed by atoms with E-state index in [-0.39, 0.29) is 5.82 Å². The average Bonchev–Trinajstić information content (AvgIpc) is 3.12. The van der Waals surface area contributed by atoms with Gasteiger partial charge in [-0.05, 0) is 47.4 Å². The Hall–Kier alpha value is -2.48. The number of rotatable bonds is 4. The van der Waals surface area contributed by atoms with Gasteiger partial charge in [0.05, 0.1) is 4.88 Å². The molecular formula is C18H17BFNO3S. The molecule has 0 radical (unpaired) electrons. The van der Waals surface area contributed by atoms with E-state index in [9.17, 15) is 9.18 Å². The topological polar surface area (TPSA) is 69.6 Å². The highest BCUT2D eigenvalue weighted by molar-refractivity contribution is 7.17. The van der Waals surface area contributed by atoms with Crippen LogP contribution < -0.4 is 10.8 Å². The molecule has 0 saturated carbocycles. The molecule has 4 nitrogen and oxygen atoms in total. The Balaban J connectivity index is 0.000000186. The molecule has 25 heavy (non-hydrogen) atoms. The highest BCUT2D eigenvalue weighted by Crippen LogP contribution is 2.27. The first kappa shape index (κ1) is 18.9. The lowest BCUT2D eigenvalue weighted by Gasteiger charge is -2.01. The van der Waals surface area contributed by atoms with E-state index in [0.717, 1.165) is 22.4 Å². The number of carbonyl (C=O) groups excluding carboxylic acids is 1. The lowest BCUT2D eigenvalue weighted by atomic mass is 9.80. The van der Waals surface area contributed by atoms with E-state index in [4.69, 9.17) is 10.0 Å². The van der Waals surface area contributed by atoms with E-state index in [1.165, 1.54) is 23.5 Å². The molecule has 0 aliphatic heterocycles. The zero-order chi connectivity index (χ0) is 18.2. The molecule has 0 saturated heterocycles. The van der Waals surface area contributed by atoms with Crippen LogP contribution in [0.1, 0.15) is 9.67 Å². The molecule has 0 aliphatic rings. The van der Waals surface area contributed by atoms with Gasteiger partial charge in [-0.1, -0.05) is 24.3 Å². The maximum absolute atomic E-state index is 12.6. The second-order valence-corrected chi connectivity index (χ2v) is 6.19. The van der Waals surface area contributed by atoms with Crippen LogP contribution in [-0.2, 0) is 0 Å². The van der Waals surface area contributed by atoms with Crippen LogP contribution in [0.25, 0.3) is 10.4 Å². The van der Waals surface area contributed by atoms with Crippen molar-refractivity contribution in [1.29, 1.82) is 0 Å². The molecule has 3 aromatic rings. The Morgan fingerprint density at radius 1 is 1.00 bits per heavy atom. The minimum Gasteiger partial charge on any atom is -0.423 e. The summed E-state index contributed by atoms with van der Waals surface area (Å²) in [5, 5.41) is 20.4. The average molecular weight is 357 g/mol. The van der Waals surface area contributed by atoms with Crippen LogP contribution in [0.4, 0.5) is 10.1 Å². The number of anilines is 1. The third kappa shape index (κ3) is 5.53. The van der Waals surface area contributed by atoms with Gasteiger partial charge in [0, 0.05) is 17.6 Å². The van der Waals surface area contributed by atoms with Crippen molar-refractivity contribution < 1.29 is 19.2 Å². The van der Waals surface area contributed by atoms with Crippen molar-refractivity contribution in [3.63, 3.8) is 0 Å². The van der Waals surface area contributed by atoms with Crippen molar-refractivity contribution in [2.45, 2.75) is 0 Å². The van der Waals surface area contributed by atoms with Crippen LogP contribution in [0.2, 0.25) is 0 Å². The Bertz CT molecular complexity index is 804. The molecule has 0 bridgehead atoms. The SMILES string of the molecule is CNc1ccc(B(O)O)cc1.O=Cc1ccc(-c2ccc(F)cc2)s1. The Kier molecular flexibility index (Phi) is 6.88. The summed E-state index contributed by atoms with van der Waals surface area (Å²) in [5.41, 5.74) is 2.39. The number of hydrogen-bond donors (Lipinski definition) is 3. The van der Waals surface area contributed by atoms with Crippen LogP contribution in [0.3, 0.4) is 0 Å². The van der Waals surface area contributed by atoms with Gasteiger partial charge >= 0.3 is 7.12 Å². The molecule has 0 aliphatic carbocycles. The first-order valence-corrected chi connectivity index (χ1v) is 8.30. The number of carbonyl (C=O) groups is 1. The number of aldehydes is 1. The molecule has 0 spiro atoms. The molecule has 0 fully saturated rings. The van der Waals surface area contributed by atoms with Crippen LogP contribution in [0.5, 0.6) is 0 Å². The molecule has 0 unspecified atom stereocenters. The van der Waals surface area contributed by atoms with Crippen molar-refractivity contribution >= 4 is 35.9 Å². The zero-order valence-corrected chi connectivity index (χ0v) is 14.3. The van der Waals surface area contributed by atoms with Crippen molar-refractivity contribution in [3.8, 4) is 10.4 Å². The van der Waals surface area contributed by atoms with Gasteiger partial charge in [-0.2, -0.15) is 0 Å². The van der Waals surface area contributed by atoms with E-state index in [2.05, 4.69) is 5.32 Å². The third-order valence-electron chi connectivity index (χ3n) is 3.37. The summed E-state index contributed by atoms with van der Waals surface area (Å²) in [4.78, 5) is 12.1. The van der Waals surface area contributed by atoms with E-state index < -0.39 is 7.12 Å². The van der Waals surface area contributed by atoms with Gasteiger partial charge in [0.15, 0.2) is 6.29 Å². The highest BCUT2D eigenvalue weighted by atomic mass is 32.1. The number of benzene rings is 2. The number of halogens is 1. The van der Waals surface area contributed by atoms with Crippen LogP contribution >= 0.6 is 11.3 Å². The molecular weight excluding hydrogens is 340 g/mol. The van der Waals surface area contributed by atoms with Gasteiger partial charge in [-0.15, -0.1) is 11.3 Å². The summed E-state index contributed by atoms with van der Waals surface area (Å²) in [7, 11) is 0.436. The predicted molar refractivity (Wildman–Crippen MR) is 101 cm³/mol. The molecule has 2 aromatic carbocycles. The summed E-state index contributed by atoms with van der Waals surface area (Å²) in [5.74, 6) is -0.249. The third-order valence-corrected chi connectivity index (χ3v) is 4.43. The monoisotopic (exact) mass is 357 g/mol. The van der Waals surface area contributed by atoms with Crippen LogP contribution in [0.15, 0.2) is 60.7 Å². The Morgan fingerprint density at radius 3 is 2.12 bits per heavy atom. The number of hydrogen-bond acceptors (Lipinski definition) is 5. The van der Waals surface area contributed by atoms with E-state index >= 15 is 0 Å². The van der Waals surface area contributed by atoms with Gasteiger partial charge in [-0.3, -0.25) is 4.79 Å². The minimum atomic E-state index is -1.37. The fraction of sp³-hybridized carbons (Fsp3) is 0.0556. The summed E-state index contributed by atoms with van der Waals surface area (Å²) >= 11 is 1.40. The van der Waals surface area contributed by atoms with Crippen molar-refractivity contribution in [2.75, 3.05) is 12.4 Å². The van der Waals surface area contributed by atoms with Gasteiger partial charge in [0.1, 0.15) is 5.82 Å². The molecule has 7 heteroatoms.